The Balaban J connectivity index is 2.06. The molecule has 0 fully saturated rings. The fraction of sp³-hybridized carbons (Fsp3) is 0.357. The second-order valence-electron chi connectivity index (χ2n) is 4.71. The number of nitrogens with one attached hydrogen (secondary N) is 1. The molecule has 2 aromatic rings. The molecule has 0 atom stereocenters. The van der Waals surface area contributed by atoms with Gasteiger partial charge in [-0.3, -0.25) is 0 Å². The number of rotatable bonds is 1. The predicted molar refractivity (Wildman–Crippen MR) is 69.8 cm³/mol. The molecule has 1 aliphatic heterocycles. The summed E-state index contributed by atoms with van der Waals surface area (Å²) >= 11 is 0. The van der Waals surface area contributed by atoms with Gasteiger partial charge in [-0.1, -0.05) is 0 Å². The first-order valence-electron chi connectivity index (χ1n) is 6.14. The molecule has 2 heterocycles. The van der Waals surface area contributed by atoms with Gasteiger partial charge in [0.2, 0.25) is 0 Å². The van der Waals surface area contributed by atoms with E-state index in [0.29, 0.717) is 0 Å². The smallest absolute Gasteiger partial charge is 0.0653 e. The molecule has 1 aliphatic rings. The van der Waals surface area contributed by atoms with Gasteiger partial charge in [-0.05, 0) is 56.5 Å². The molecular weight excluding hydrogens is 210 g/mol. The normalized spacial score (nSPS) is 14.2. The Bertz CT molecular complexity index is 555. The van der Waals surface area contributed by atoms with Crippen LogP contribution in [0.5, 0.6) is 0 Å². The third-order valence-corrected chi connectivity index (χ3v) is 3.28. The van der Waals surface area contributed by atoms with Gasteiger partial charge < -0.3 is 5.32 Å². The van der Waals surface area contributed by atoms with Crippen LogP contribution in [0.3, 0.4) is 0 Å². The van der Waals surface area contributed by atoms with Crippen molar-refractivity contribution in [1.29, 1.82) is 0 Å². The molecule has 0 radical (unpaired) electrons. The summed E-state index contributed by atoms with van der Waals surface area (Å²) in [5.74, 6) is 0. The molecule has 0 spiro atoms. The van der Waals surface area contributed by atoms with Gasteiger partial charge in [0.25, 0.3) is 0 Å². The molecule has 3 nitrogen and oxygen atoms in total. The van der Waals surface area contributed by atoms with Crippen LogP contribution in [-0.4, -0.2) is 16.3 Å². The van der Waals surface area contributed by atoms with Crippen molar-refractivity contribution in [3.63, 3.8) is 0 Å². The molecular formula is C14H17N3. The first kappa shape index (κ1) is 10.4. The largest absolute Gasteiger partial charge is 0.385 e. The lowest BCUT2D eigenvalue weighted by Crippen LogP contribution is -2.12. The highest BCUT2D eigenvalue weighted by molar-refractivity contribution is 5.57. The Morgan fingerprint density at radius 2 is 2.12 bits per heavy atom. The van der Waals surface area contributed by atoms with Crippen molar-refractivity contribution < 1.29 is 0 Å². The number of nitrogens with zero attached hydrogens (tertiary/aromatic N) is 2. The summed E-state index contributed by atoms with van der Waals surface area (Å²) in [4.78, 5) is 0. The van der Waals surface area contributed by atoms with Crippen molar-refractivity contribution in [2.75, 3.05) is 11.9 Å². The SMILES string of the molecule is Cc1cc(C)n(-c2ccc3c(c2)CCCN3)n1. The van der Waals surface area contributed by atoms with E-state index < -0.39 is 0 Å². The highest BCUT2D eigenvalue weighted by Gasteiger charge is 2.10. The molecule has 1 N–H and O–H groups in total. The molecule has 3 heteroatoms. The zero-order valence-corrected chi connectivity index (χ0v) is 10.3. The quantitative estimate of drug-likeness (QED) is 0.812. The van der Waals surface area contributed by atoms with E-state index in [1.165, 1.54) is 23.4 Å². The lowest BCUT2D eigenvalue weighted by molar-refractivity contribution is 0.809. The highest BCUT2D eigenvalue weighted by atomic mass is 15.3. The molecule has 1 aromatic carbocycles. The Labute approximate surface area is 101 Å². The number of hydrogen-bond donors (Lipinski definition) is 1. The third kappa shape index (κ3) is 1.82. The molecule has 1 aromatic heterocycles. The van der Waals surface area contributed by atoms with Gasteiger partial charge >= 0.3 is 0 Å². The maximum atomic E-state index is 4.53. The average molecular weight is 227 g/mol. The molecule has 88 valence electrons. The van der Waals surface area contributed by atoms with E-state index in [4.69, 9.17) is 0 Å². The number of fused-ring (bicyclic) bond motifs is 1. The summed E-state index contributed by atoms with van der Waals surface area (Å²) in [6.07, 6.45) is 2.38. The summed E-state index contributed by atoms with van der Waals surface area (Å²) in [5, 5.41) is 7.96. The summed E-state index contributed by atoms with van der Waals surface area (Å²) in [6, 6.07) is 8.66. The van der Waals surface area contributed by atoms with Crippen molar-refractivity contribution in [3.8, 4) is 5.69 Å². The fourth-order valence-electron chi connectivity index (χ4n) is 2.48. The van der Waals surface area contributed by atoms with Gasteiger partial charge in [0.15, 0.2) is 0 Å². The fourth-order valence-corrected chi connectivity index (χ4v) is 2.48. The van der Waals surface area contributed by atoms with E-state index in [9.17, 15) is 0 Å². The van der Waals surface area contributed by atoms with Crippen molar-refractivity contribution >= 4 is 5.69 Å². The first-order chi connectivity index (χ1) is 8.24. The molecule has 0 saturated carbocycles. The number of anilines is 1. The molecule has 3 rings (SSSR count). The van der Waals surface area contributed by atoms with E-state index in [2.05, 4.69) is 41.6 Å². The standard InChI is InChI=1S/C14H17N3/c1-10-8-11(2)17(16-10)13-5-6-14-12(9-13)4-3-7-15-14/h5-6,8-9,15H,3-4,7H2,1-2H3. The zero-order chi connectivity index (χ0) is 11.8. The van der Waals surface area contributed by atoms with Crippen molar-refractivity contribution in [2.45, 2.75) is 26.7 Å². The average Bonchev–Trinajstić information content (AvgIpc) is 2.68. The minimum atomic E-state index is 1.07. The summed E-state index contributed by atoms with van der Waals surface area (Å²) < 4.78 is 2.02. The van der Waals surface area contributed by atoms with Gasteiger partial charge in [0.1, 0.15) is 0 Å². The molecule has 0 amide bonds. The van der Waals surface area contributed by atoms with Gasteiger partial charge in [-0.2, -0.15) is 5.10 Å². The number of hydrogen-bond acceptors (Lipinski definition) is 2. The van der Waals surface area contributed by atoms with Gasteiger partial charge in [-0.15, -0.1) is 0 Å². The zero-order valence-electron chi connectivity index (χ0n) is 10.3. The first-order valence-corrected chi connectivity index (χ1v) is 6.14. The lowest BCUT2D eigenvalue weighted by Gasteiger charge is -2.18. The number of benzene rings is 1. The van der Waals surface area contributed by atoms with Crippen LogP contribution in [-0.2, 0) is 6.42 Å². The third-order valence-electron chi connectivity index (χ3n) is 3.28. The summed E-state index contributed by atoms with van der Waals surface area (Å²) in [5.41, 5.74) is 6.10. The van der Waals surface area contributed by atoms with Crippen LogP contribution in [0.1, 0.15) is 23.4 Å². The number of aryl methyl sites for hydroxylation is 3. The second-order valence-corrected chi connectivity index (χ2v) is 4.71. The van der Waals surface area contributed by atoms with Crippen LogP contribution in [0.2, 0.25) is 0 Å². The Morgan fingerprint density at radius 3 is 2.88 bits per heavy atom. The van der Waals surface area contributed by atoms with Gasteiger partial charge in [0, 0.05) is 17.9 Å². The minimum absolute atomic E-state index is 1.07. The minimum Gasteiger partial charge on any atom is -0.385 e. The topological polar surface area (TPSA) is 29.9 Å². The van der Waals surface area contributed by atoms with Crippen molar-refractivity contribution in [1.82, 2.24) is 9.78 Å². The van der Waals surface area contributed by atoms with Crippen molar-refractivity contribution in [3.05, 3.63) is 41.2 Å². The predicted octanol–water partition coefficient (Wildman–Crippen LogP) is 2.85. The highest BCUT2D eigenvalue weighted by Crippen LogP contribution is 2.25. The van der Waals surface area contributed by atoms with E-state index in [1.54, 1.807) is 0 Å². The Morgan fingerprint density at radius 1 is 1.24 bits per heavy atom. The van der Waals surface area contributed by atoms with Crippen LogP contribution < -0.4 is 5.32 Å². The van der Waals surface area contributed by atoms with Gasteiger partial charge in [0.05, 0.1) is 11.4 Å². The van der Waals surface area contributed by atoms with E-state index in [1.807, 2.05) is 11.6 Å². The van der Waals surface area contributed by atoms with Crippen LogP contribution in [0.4, 0.5) is 5.69 Å². The van der Waals surface area contributed by atoms with Crippen LogP contribution in [0, 0.1) is 13.8 Å². The maximum Gasteiger partial charge on any atom is 0.0653 e. The van der Waals surface area contributed by atoms with Crippen LogP contribution in [0.25, 0.3) is 5.69 Å². The van der Waals surface area contributed by atoms with Gasteiger partial charge in [-0.25, -0.2) is 4.68 Å². The molecule has 0 aliphatic carbocycles. The number of aromatic nitrogens is 2. The Hall–Kier alpha value is -1.77. The van der Waals surface area contributed by atoms with Crippen LogP contribution >= 0.6 is 0 Å². The van der Waals surface area contributed by atoms with Crippen LogP contribution in [0.15, 0.2) is 24.3 Å². The Kier molecular flexibility index (Phi) is 2.39. The molecule has 0 saturated heterocycles. The maximum absolute atomic E-state index is 4.53. The monoisotopic (exact) mass is 227 g/mol. The second kappa shape index (κ2) is 3.91. The lowest BCUT2D eigenvalue weighted by atomic mass is 10.0. The molecule has 0 unspecified atom stereocenters. The summed E-state index contributed by atoms with van der Waals surface area (Å²) in [6.45, 7) is 5.22. The van der Waals surface area contributed by atoms with E-state index in [-0.39, 0.29) is 0 Å². The van der Waals surface area contributed by atoms with E-state index >= 15 is 0 Å². The summed E-state index contributed by atoms with van der Waals surface area (Å²) in [7, 11) is 0. The molecule has 17 heavy (non-hydrogen) atoms. The van der Waals surface area contributed by atoms with Crippen molar-refractivity contribution in [2.24, 2.45) is 0 Å². The molecule has 0 bridgehead atoms. The van der Waals surface area contributed by atoms with E-state index in [0.717, 1.165) is 24.3 Å².